The molecular weight excluding hydrogens is 186 g/mol. The number of aromatic nitrogens is 1. The van der Waals surface area contributed by atoms with Crippen molar-refractivity contribution in [2.75, 3.05) is 0 Å². The molecule has 2 rings (SSSR count). The molecule has 0 amide bonds. The molecule has 1 saturated carbocycles. The van der Waals surface area contributed by atoms with E-state index in [-0.39, 0.29) is 0 Å². The van der Waals surface area contributed by atoms with E-state index in [4.69, 9.17) is 0 Å². The Balaban J connectivity index is 1.96. The summed E-state index contributed by atoms with van der Waals surface area (Å²) in [5.74, 6) is 1.01. The fourth-order valence-electron chi connectivity index (χ4n) is 2.31. The highest BCUT2D eigenvalue weighted by Gasteiger charge is 2.17. The first-order valence-corrected chi connectivity index (χ1v) is 5.75. The molecule has 0 saturated heterocycles. The minimum atomic E-state index is 0.451. The molecule has 1 atom stereocenters. The number of carbonyl (C=O) groups is 1. The normalized spacial score (nSPS) is 22.4. The van der Waals surface area contributed by atoms with Crippen LogP contribution in [0.15, 0.2) is 24.5 Å². The van der Waals surface area contributed by atoms with Gasteiger partial charge in [0.15, 0.2) is 0 Å². The summed E-state index contributed by atoms with van der Waals surface area (Å²) in [6, 6.07) is 4.10. The van der Waals surface area contributed by atoms with Crippen LogP contribution in [-0.2, 0) is 11.2 Å². The van der Waals surface area contributed by atoms with E-state index in [1.54, 1.807) is 0 Å². The van der Waals surface area contributed by atoms with E-state index in [0.29, 0.717) is 11.7 Å². The topological polar surface area (TPSA) is 30.0 Å². The Morgan fingerprint density at radius 1 is 1.27 bits per heavy atom. The lowest BCUT2D eigenvalue weighted by Gasteiger charge is -2.12. The number of pyridine rings is 1. The third-order valence-electron chi connectivity index (χ3n) is 3.11. The molecule has 1 fully saturated rings. The largest absolute Gasteiger partial charge is 0.300 e. The summed E-state index contributed by atoms with van der Waals surface area (Å²) in [4.78, 5) is 15.5. The fourth-order valence-corrected chi connectivity index (χ4v) is 2.31. The molecule has 0 radical (unpaired) electrons. The lowest BCUT2D eigenvalue weighted by Crippen LogP contribution is -2.08. The average Bonchev–Trinajstić information content (AvgIpc) is 2.44. The van der Waals surface area contributed by atoms with Gasteiger partial charge in [-0.3, -0.25) is 9.78 Å². The monoisotopic (exact) mass is 203 g/mol. The summed E-state index contributed by atoms with van der Waals surface area (Å²) in [5.41, 5.74) is 1.31. The maximum atomic E-state index is 11.5. The third kappa shape index (κ3) is 3.15. The highest BCUT2D eigenvalue weighted by molar-refractivity contribution is 5.78. The summed E-state index contributed by atoms with van der Waals surface area (Å²) in [6.07, 6.45) is 9.77. The second kappa shape index (κ2) is 5.06. The SMILES string of the molecule is O=C1CCCCC(Cc2ccncc2)C1. The molecule has 1 aliphatic carbocycles. The molecule has 0 bridgehead atoms. The van der Waals surface area contributed by atoms with Crippen molar-refractivity contribution >= 4 is 5.78 Å². The molecule has 1 aromatic rings. The molecule has 1 unspecified atom stereocenters. The smallest absolute Gasteiger partial charge is 0.133 e. The number of nitrogens with zero attached hydrogens (tertiary/aromatic N) is 1. The van der Waals surface area contributed by atoms with Crippen LogP contribution < -0.4 is 0 Å². The highest BCUT2D eigenvalue weighted by Crippen LogP contribution is 2.23. The van der Waals surface area contributed by atoms with Crippen molar-refractivity contribution in [2.24, 2.45) is 5.92 Å². The third-order valence-corrected chi connectivity index (χ3v) is 3.11. The molecule has 80 valence electrons. The molecule has 0 spiro atoms. The fraction of sp³-hybridized carbons (Fsp3) is 0.538. The van der Waals surface area contributed by atoms with Gasteiger partial charge >= 0.3 is 0 Å². The van der Waals surface area contributed by atoms with E-state index in [1.807, 2.05) is 12.4 Å². The number of rotatable bonds is 2. The van der Waals surface area contributed by atoms with Crippen LogP contribution in [0.5, 0.6) is 0 Å². The Morgan fingerprint density at radius 3 is 2.87 bits per heavy atom. The Labute approximate surface area is 90.7 Å². The van der Waals surface area contributed by atoms with E-state index in [9.17, 15) is 4.79 Å². The van der Waals surface area contributed by atoms with Gasteiger partial charge < -0.3 is 0 Å². The summed E-state index contributed by atoms with van der Waals surface area (Å²) in [7, 11) is 0. The number of Topliss-reactive ketones (excluding diaryl/α,β-unsaturated/α-hetero) is 1. The Kier molecular flexibility index (Phi) is 3.49. The second-order valence-electron chi connectivity index (χ2n) is 4.41. The van der Waals surface area contributed by atoms with Gasteiger partial charge in [0.1, 0.15) is 5.78 Å². The molecule has 15 heavy (non-hydrogen) atoms. The molecule has 0 aromatic carbocycles. The van der Waals surface area contributed by atoms with Crippen LogP contribution in [0.4, 0.5) is 0 Å². The maximum absolute atomic E-state index is 11.5. The molecular formula is C13H17NO. The predicted molar refractivity (Wildman–Crippen MR) is 59.5 cm³/mol. The molecule has 0 aliphatic heterocycles. The first-order chi connectivity index (χ1) is 7.34. The van der Waals surface area contributed by atoms with Gasteiger partial charge in [0.2, 0.25) is 0 Å². The zero-order chi connectivity index (χ0) is 10.5. The van der Waals surface area contributed by atoms with Crippen molar-refractivity contribution in [3.05, 3.63) is 30.1 Å². The van der Waals surface area contributed by atoms with E-state index in [0.717, 1.165) is 25.7 Å². The van der Waals surface area contributed by atoms with Crippen LogP contribution in [0.25, 0.3) is 0 Å². The van der Waals surface area contributed by atoms with Crippen molar-refractivity contribution in [3.63, 3.8) is 0 Å². The van der Waals surface area contributed by atoms with Gasteiger partial charge in [-0.1, -0.05) is 6.42 Å². The zero-order valence-corrected chi connectivity index (χ0v) is 8.98. The molecule has 1 aromatic heterocycles. The highest BCUT2D eigenvalue weighted by atomic mass is 16.1. The number of hydrogen-bond donors (Lipinski definition) is 0. The average molecular weight is 203 g/mol. The lowest BCUT2D eigenvalue weighted by molar-refractivity contribution is -0.119. The Hall–Kier alpha value is -1.18. The summed E-state index contributed by atoms with van der Waals surface area (Å²) in [5, 5.41) is 0. The van der Waals surface area contributed by atoms with E-state index in [2.05, 4.69) is 17.1 Å². The minimum Gasteiger partial charge on any atom is -0.300 e. The predicted octanol–water partition coefficient (Wildman–Crippen LogP) is 2.77. The van der Waals surface area contributed by atoms with Crippen LogP contribution in [-0.4, -0.2) is 10.8 Å². The van der Waals surface area contributed by atoms with Crippen molar-refractivity contribution in [3.8, 4) is 0 Å². The lowest BCUT2D eigenvalue weighted by atomic mass is 9.93. The number of ketones is 1. The standard InChI is InChI=1S/C13H17NO/c15-13-4-2-1-3-12(10-13)9-11-5-7-14-8-6-11/h5-8,12H,1-4,9-10H2. The van der Waals surface area contributed by atoms with Gasteiger partial charge in [-0.05, 0) is 42.9 Å². The van der Waals surface area contributed by atoms with Gasteiger partial charge in [0.05, 0.1) is 0 Å². The quantitative estimate of drug-likeness (QED) is 0.692. The van der Waals surface area contributed by atoms with Crippen LogP contribution in [0, 0.1) is 5.92 Å². The number of hydrogen-bond acceptors (Lipinski definition) is 2. The van der Waals surface area contributed by atoms with Crippen LogP contribution in [0.1, 0.15) is 37.7 Å². The molecule has 2 heteroatoms. The minimum absolute atomic E-state index is 0.451. The van der Waals surface area contributed by atoms with Crippen molar-refractivity contribution < 1.29 is 4.79 Å². The summed E-state index contributed by atoms with van der Waals surface area (Å²) >= 11 is 0. The zero-order valence-electron chi connectivity index (χ0n) is 8.98. The van der Waals surface area contributed by atoms with Crippen LogP contribution in [0.2, 0.25) is 0 Å². The van der Waals surface area contributed by atoms with Gasteiger partial charge in [-0.2, -0.15) is 0 Å². The van der Waals surface area contributed by atoms with E-state index >= 15 is 0 Å². The van der Waals surface area contributed by atoms with Crippen molar-refractivity contribution in [1.29, 1.82) is 0 Å². The maximum Gasteiger partial charge on any atom is 0.133 e. The van der Waals surface area contributed by atoms with E-state index in [1.165, 1.54) is 18.4 Å². The van der Waals surface area contributed by atoms with Gasteiger partial charge in [-0.25, -0.2) is 0 Å². The summed E-state index contributed by atoms with van der Waals surface area (Å²) in [6.45, 7) is 0. The van der Waals surface area contributed by atoms with Crippen molar-refractivity contribution in [2.45, 2.75) is 38.5 Å². The Bertz CT molecular complexity index is 321. The van der Waals surface area contributed by atoms with E-state index < -0.39 is 0 Å². The molecule has 2 nitrogen and oxygen atoms in total. The Morgan fingerprint density at radius 2 is 2.07 bits per heavy atom. The van der Waals surface area contributed by atoms with Gasteiger partial charge in [0, 0.05) is 25.2 Å². The first-order valence-electron chi connectivity index (χ1n) is 5.75. The number of carbonyl (C=O) groups excluding carboxylic acids is 1. The van der Waals surface area contributed by atoms with Crippen molar-refractivity contribution in [1.82, 2.24) is 4.98 Å². The first kappa shape index (κ1) is 10.3. The van der Waals surface area contributed by atoms with Crippen LogP contribution >= 0.6 is 0 Å². The second-order valence-corrected chi connectivity index (χ2v) is 4.41. The molecule has 1 heterocycles. The molecule has 1 aliphatic rings. The molecule has 0 N–H and O–H groups in total. The van der Waals surface area contributed by atoms with Crippen LogP contribution in [0.3, 0.4) is 0 Å². The van der Waals surface area contributed by atoms with Gasteiger partial charge in [0.25, 0.3) is 0 Å². The van der Waals surface area contributed by atoms with Gasteiger partial charge in [-0.15, -0.1) is 0 Å². The summed E-state index contributed by atoms with van der Waals surface area (Å²) < 4.78 is 0.